The average molecular weight is 340 g/mol. The van der Waals surface area contributed by atoms with Crippen LogP contribution in [0.1, 0.15) is 18.5 Å². The zero-order chi connectivity index (χ0) is 16.9. The molecule has 1 fully saturated rings. The summed E-state index contributed by atoms with van der Waals surface area (Å²) < 4.78 is 25.1. The Hall–Kier alpha value is -1.51. The Morgan fingerprint density at radius 3 is 2.65 bits per heavy atom. The number of piperidine rings is 1. The van der Waals surface area contributed by atoms with E-state index in [1.807, 2.05) is 30.1 Å². The van der Waals surface area contributed by atoms with Gasteiger partial charge in [0.15, 0.2) is 0 Å². The molecule has 1 aromatic rings. The Morgan fingerprint density at radius 2 is 2.09 bits per heavy atom. The number of amides is 1. The Bertz CT molecular complexity index is 613. The van der Waals surface area contributed by atoms with Crippen LogP contribution in [0.5, 0.6) is 0 Å². The summed E-state index contributed by atoms with van der Waals surface area (Å²) in [6.07, 6.45) is 4.22. The van der Waals surface area contributed by atoms with Crippen LogP contribution in [0, 0.1) is 0 Å². The van der Waals surface area contributed by atoms with Crippen LogP contribution in [0.2, 0.25) is 0 Å². The molecule has 0 saturated carbocycles. The molecule has 2 rings (SSSR count). The van der Waals surface area contributed by atoms with Crippen LogP contribution in [-0.4, -0.2) is 68.1 Å². The molecule has 23 heavy (non-hydrogen) atoms. The van der Waals surface area contributed by atoms with Crippen LogP contribution >= 0.6 is 0 Å². The van der Waals surface area contributed by atoms with Crippen molar-refractivity contribution < 1.29 is 13.2 Å². The number of hydrogen-bond donors (Lipinski definition) is 1. The predicted octanol–water partition coefficient (Wildman–Crippen LogP) is 0.0536. The van der Waals surface area contributed by atoms with Gasteiger partial charge in [-0.25, -0.2) is 13.1 Å². The minimum Gasteiger partial charge on any atom is -0.341 e. The fourth-order valence-corrected chi connectivity index (χ4v) is 3.55. The fraction of sp³-hybridized carbons (Fsp3) is 0.600. The molecule has 0 aliphatic carbocycles. The lowest BCUT2D eigenvalue weighted by Gasteiger charge is -2.33. The van der Waals surface area contributed by atoms with E-state index in [0.717, 1.165) is 11.9 Å². The number of nitrogens with zero attached hydrogens (tertiary/aromatic N) is 3. The van der Waals surface area contributed by atoms with Crippen LogP contribution in [0.4, 0.5) is 0 Å². The van der Waals surface area contributed by atoms with E-state index in [4.69, 9.17) is 0 Å². The molecule has 0 atom stereocenters. The molecule has 8 heteroatoms. The standard InChI is InChI=1S/C15H24N4O3S/c1-18(11-14-5-3-4-8-16-14)12-15(20)19-9-6-13(7-10-19)17-23(2,21)22/h3-5,8,13,17H,6-7,9-12H2,1-2H3. The number of carbonyl (C=O) groups is 1. The first kappa shape index (κ1) is 17.8. The Kier molecular flexibility index (Phi) is 6.09. The van der Waals surface area contributed by atoms with Crippen molar-refractivity contribution in [3.8, 4) is 0 Å². The largest absolute Gasteiger partial charge is 0.341 e. The van der Waals surface area contributed by atoms with Crippen molar-refractivity contribution in [3.05, 3.63) is 30.1 Å². The predicted molar refractivity (Wildman–Crippen MR) is 88.2 cm³/mol. The first-order valence-corrected chi connectivity index (χ1v) is 9.56. The summed E-state index contributed by atoms with van der Waals surface area (Å²) in [7, 11) is -1.29. The van der Waals surface area contributed by atoms with Gasteiger partial charge in [0.2, 0.25) is 15.9 Å². The molecule has 128 valence electrons. The Morgan fingerprint density at radius 1 is 1.39 bits per heavy atom. The van der Waals surface area contributed by atoms with Gasteiger partial charge in [0.25, 0.3) is 0 Å². The molecule has 1 aromatic heterocycles. The van der Waals surface area contributed by atoms with E-state index in [2.05, 4.69) is 9.71 Å². The summed E-state index contributed by atoms with van der Waals surface area (Å²) in [6, 6.07) is 5.66. The first-order valence-electron chi connectivity index (χ1n) is 7.67. The second kappa shape index (κ2) is 7.85. The summed E-state index contributed by atoms with van der Waals surface area (Å²) in [5, 5.41) is 0. The number of hydrogen-bond acceptors (Lipinski definition) is 5. The van der Waals surface area contributed by atoms with Crippen molar-refractivity contribution in [2.45, 2.75) is 25.4 Å². The highest BCUT2D eigenvalue weighted by atomic mass is 32.2. The van der Waals surface area contributed by atoms with E-state index in [1.54, 1.807) is 11.1 Å². The molecule has 1 aliphatic heterocycles. The number of rotatable bonds is 6. The van der Waals surface area contributed by atoms with E-state index in [9.17, 15) is 13.2 Å². The van der Waals surface area contributed by atoms with Crippen LogP contribution in [-0.2, 0) is 21.4 Å². The van der Waals surface area contributed by atoms with Crippen molar-refractivity contribution in [1.82, 2.24) is 19.5 Å². The summed E-state index contributed by atoms with van der Waals surface area (Å²) in [6.45, 7) is 2.13. The Balaban J connectivity index is 1.76. The van der Waals surface area contributed by atoms with Crippen molar-refractivity contribution >= 4 is 15.9 Å². The average Bonchev–Trinajstić information content (AvgIpc) is 2.47. The third-order valence-corrected chi connectivity index (χ3v) is 4.55. The molecule has 1 amide bonds. The van der Waals surface area contributed by atoms with Gasteiger partial charge in [-0.2, -0.15) is 0 Å². The first-order chi connectivity index (χ1) is 10.8. The minimum absolute atomic E-state index is 0.0692. The number of likely N-dealkylation sites (tertiary alicyclic amines) is 1. The fourth-order valence-electron chi connectivity index (χ4n) is 2.70. The maximum atomic E-state index is 12.3. The zero-order valence-corrected chi connectivity index (χ0v) is 14.4. The molecule has 1 saturated heterocycles. The topological polar surface area (TPSA) is 82.6 Å². The van der Waals surface area contributed by atoms with E-state index < -0.39 is 10.0 Å². The molecule has 0 aromatic carbocycles. The maximum absolute atomic E-state index is 12.3. The lowest BCUT2D eigenvalue weighted by molar-refractivity contribution is -0.133. The molecular formula is C15H24N4O3S. The number of sulfonamides is 1. The molecule has 1 aliphatic rings. The van der Waals surface area contributed by atoms with E-state index in [1.165, 1.54) is 0 Å². The number of nitrogens with one attached hydrogen (secondary N) is 1. The summed E-state index contributed by atoms with van der Waals surface area (Å²) in [5.41, 5.74) is 0.930. The van der Waals surface area contributed by atoms with Gasteiger partial charge < -0.3 is 4.90 Å². The van der Waals surface area contributed by atoms with Gasteiger partial charge in [-0.05, 0) is 32.0 Å². The highest BCUT2D eigenvalue weighted by molar-refractivity contribution is 7.88. The molecule has 0 unspecified atom stereocenters. The van der Waals surface area contributed by atoms with Crippen LogP contribution in [0.3, 0.4) is 0 Å². The van der Waals surface area contributed by atoms with Crippen LogP contribution in [0.15, 0.2) is 24.4 Å². The van der Waals surface area contributed by atoms with E-state index in [0.29, 0.717) is 39.0 Å². The molecule has 7 nitrogen and oxygen atoms in total. The zero-order valence-electron chi connectivity index (χ0n) is 13.6. The second-order valence-corrected chi connectivity index (χ2v) is 7.82. The normalized spacial score (nSPS) is 16.7. The highest BCUT2D eigenvalue weighted by Gasteiger charge is 2.24. The van der Waals surface area contributed by atoms with E-state index >= 15 is 0 Å². The van der Waals surface area contributed by atoms with Gasteiger partial charge in [-0.1, -0.05) is 6.07 Å². The van der Waals surface area contributed by atoms with E-state index in [-0.39, 0.29) is 11.9 Å². The molecule has 1 N–H and O–H groups in total. The van der Waals surface area contributed by atoms with Gasteiger partial charge in [0.1, 0.15) is 0 Å². The third-order valence-electron chi connectivity index (χ3n) is 3.79. The number of aromatic nitrogens is 1. The monoisotopic (exact) mass is 340 g/mol. The van der Waals surface area contributed by atoms with Gasteiger partial charge >= 0.3 is 0 Å². The van der Waals surface area contributed by atoms with Gasteiger partial charge in [0.05, 0.1) is 18.5 Å². The smallest absolute Gasteiger partial charge is 0.236 e. The molecule has 0 bridgehead atoms. The number of likely N-dealkylation sites (N-methyl/N-ethyl adjacent to an activating group) is 1. The summed E-state index contributed by atoms with van der Waals surface area (Å²) in [5.74, 6) is 0.0706. The highest BCUT2D eigenvalue weighted by Crippen LogP contribution is 2.12. The molecule has 2 heterocycles. The summed E-state index contributed by atoms with van der Waals surface area (Å²) >= 11 is 0. The lowest BCUT2D eigenvalue weighted by Crippen LogP contribution is -2.48. The third kappa shape index (κ3) is 6.25. The van der Waals surface area contributed by atoms with Crippen molar-refractivity contribution in [2.24, 2.45) is 0 Å². The molecule has 0 spiro atoms. The Labute approximate surface area is 137 Å². The van der Waals surface area contributed by atoms with Crippen LogP contribution in [0.25, 0.3) is 0 Å². The van der Waals surface area contributed by atoms with Gasteiger partial charge in [0, 0.05) is 31.9 Å². The lowest BCUT2D eigenvalue weighted by atomic mass is 10.1. The second-order valence-electron chi connectivity index (χ2n) is 6.04. The van der Waals surface area contributed by atoms with Crippen molar-refractivity contribution in [1.29, 1.82) is 0 Å². The SMILES string of the molecule is CN(CC(=O)N1CCC(NS(C)(=O)=O)CC1)Cc1ccccn1. The molecular weight excluding hydrogens is 316 g/mol. The van der Waals surface area contributed by atoms with Crippen molar-refractivity contribution in [2.75, 3.05) is 32.9 Å². The molecule has 0 radical (unpaired) electrons. The van der Waals surface area contributed by atoms with Crippen LogP contribution < -0.4 is 4.72 Å². The number of pyridine rings is 1. The maximum Gasteiger partial charge on any atom is 0.236 e. The number of carbonyl (C=O) groups excluding carboxylic acids is 1. The minimum atomic E-state index is -3.18. The van der Waals surface area contributed by atoms with Crippen molar-refractivity contribution in [3.63, 3.8) is 0 Å². The summed E-state index contributed by atoms with van der Waals surface area (Å²) in [4.78, 5) is 20.3. The quantitative estimate of drug-likeness (QED) is 0.791. The van der Waals surface area contributed by atoms with Gasteiger partial charge in [-0.3, -0.25) is 14.7 Å². The van der Waals surface area contributed by atoms with Gasteiger partial charge in [-0.15, -0.1) is 0 Å².